The number of nitrogens with one attached hydrogen (secondary N) is 4. The molecule has 0 saturated heterocycles. The summed E-state index contributed by atoms with van der Waals surface area (Å²) in [7, 11) is 0. The number of hydrogen-bond acceptors (Lipinski definition) is 4. The molecule has 0 fully saturated rings. The van der Waals surface area contributed by atoms with E-state index in [0.717, 1.165) is 5.69 Å². The molecule has 5 rings (SSSR count). The molecule has 3 amide bonds. The Hall–Kier alpha value is -4.53. The Morgan fingerprint density at radius 1 is 1.00 bits per heavy atom. The summed E-state index contributed by atoms with van der Waals surface area (Å²) in [4.78, 5) is 36.1. The van der Waals surface area contributed by atoms with Crippen molar-refractivity contribution in [3.05, 3.63) is 83.7 Å². The van der Waals surface area contributed by atoms with Crippen molar-refractivity contribution in [1.29, 1.82) is 0 Å². The van der Waals surface area contributed by atoms with Gasteiger partial charge in [0, 0.05) is 53.3 Å². The van der Waals surface area contributed by atoms with E-state index in [1.54, 1.807) is 55.0 Å². The summed E-state index contributed by atoms with van der Waals surface area (Å²) < 4.78 is 15.1. The lowest BCUT2D eigenvalue weighted by molar-refractivity contribution is 0.0966. The van der Waals surface area contributed by atoms with E-state index in [1.165, 1.54) is 6.07 Å². The Morgan fingerprint density at radius 2 is 1.73 bits per heavy atom. The number of rotatable bonds is 4. The van der Waals surface area contributed by atoms with Crippen molar-refractivity contribution in [2.75, 3.05) is 10.6 Å². The van der Waals surface area contributed by atoms with Crippen LogP contribution in [0.2, 0.25) is 0 Å². The van der Waals surface area contributed by atoms with Crippen LogP contribution in [-0.4, -0.2) is 26.9 Å². The first-order chi connectivity index (χ1) is 16.0. The lowest BCUT2D eigenvalue weighted by Gasteiger charge is -2.13. The third-order valence-electron chi connectivity index (χ3n) is 5.38. The molecule has 0 saturated carbocycles. The molecule has 0 unspecified atom stereocenters. The van der Waals surface area contributed by atoms with Crippen molar-refractivity contribution >= 4 is 23.3 Å². The van der Waals surface area contributed by atoms with Crippen LogP contribution in [0.1, 0.15) is 21.6 Å². The molecule has 0 radical (unpaired) electrons. The van der Waals surface area contributed by atoms with Gasteiger partial charge in [0.05, 0.1) is 5.56 Å². The van der Waals surface area contributed by atoms with Gasteiger partial charge in [0.25, 0.3) is 5.91 Å². The second-order valence-corrected chi connectivity index (χ2v) is 7.62. The molecule has 164 valence electrons. The van der Waals surface area contributed by atoms with E-state index in [-0.39, 0.29) is 5.91 Å². The molecule has 0 bridgehead atoms. The fraction of sp³-hybridized carbons (Fsp3) is 0.0833. The number of hydrogen-bond donors (Lipinski definition) is 4. The fourth-order valence-corrected chi connectivity index (χ4v) is 3.89. The van der Waals surface area contributed by atoms with Crippen LogP contribution in [0.25, 0.3) is 22.5 Å². The summed E-state index contributed by atoms with van der Waals surface area (Å²) >= 11 is 0. The van der Waals surface area contributed by atoms with Gasteiger partial charge in [0.15, 0.2) is 0 Å². The van der Waals surface area contributed by atoms with Crippen molar-refractivity contribution in [2.45, 2.75) is 13.5 Å². The van der Waals surface area contributed by atoms with Gasteiger partial charge in [-0.25, -0.2) is 14.2 Å². The molecule has 0 atom stereocenters. The van der Waals surface area contributed by atoms with E-state index < -0.39 is 11.8 Å². The standard InChI is InChI=1S/C24H19FN6O2/c1-13-11-27-22(29-13)18-5-4-16(19-12-28-23(32)21(18)19)17-3-2-15(10-20(17)25)31-24(33)30-14-6-8-26-9-7-14/h2-11H,12H2,1H3,(H,27,29)(H,28,32)(H2,26,30,31,33). The highest BCUT2D eigenvalue weighted by Crippen LogP contribution is 2.36. The summed E-state index contributed by atoms with van der Waals surface area (Å²) in [6.07, 6.45) is 4.81. The predicted molar refractivity (Wildman–Crippen MR) is 122 cm³/mol. The minimum absolute atomic E-state index is 0.220. The van der Waals surface area contributed by atoms with Crippen molar-refractivity contribution in [2.24, 2.45) is 0 Å². The first-order valence-corrected chi connectivity index (χ1v) is 10.2. The van der Waals surface area contributed by atoms with Crippen LogP contribution in [0.5, 0.6) is 0 Å². The van der Waals surface area contributed by atoms with Crippen molar-refractivity contribution in [3.63, 3.8) is 0 Å². The molecule has 33 heavy (non-hydrogen) atoms. The number of amides is 3. The quantitative estimate of drug-likeness (QED) is 0.373. The maximum Gasteiger partial charge on any atom is 0.323 e. The Labute approximate surface area is 188 Å². The minimum atomic E-state index is -0.514. The van der Waals surface area contributed by atoms with Crippen LogP contribution in [-0.2, 0) is 6.54 Å². The van der Waals surface area contributed by atoms with Crippen LogP contribution in [0.4, 0.5) is 20.6 Å². The number of fused-ring (bicyclic) bond motifs is 1. The zero-order chi connectivity index (χ0) is 22.9. The second kappa shape index (κ2) is 8.19. The smallest absolute Gasteiger partial charge is 0.323 e. The number of pyridine rings is 1. The van der Waals surface area contributed by atoms with Crippen molar-refractivity contribution in [3.8, 4) is 22.5 Å². The SMILES string of the molecule is Cc1cnc(-c2ccc(-c3ccc(NC(=O)Nc4ccncc4)cc3F)c3c2C(=O)NC3)[nH]1. The molecule has 1 aliphatic rings. The molecule has 0 aliphatic carbocycles. The highest BCUT2D eigenvalue weighted by Gasteiger charge is 2.28. The summed E-state index contributed by atoms with van der Waals surface area (Å²) in [5.41, 5.74) is 4.56. The number of carbonyl (C=O) groups excluding carboxylic acids is 2. The topological polar surface area (TPSA) is 112 Å². The Kier molecular flexibility index (Phi) is 5.06. The van der Waals surface area contributed by atoms with E-state index in [2.05, 4.69) is 30.9 Å². The number of carbonyl (C=O) groups is 2. The average Bonchev–Trinajstić information content (AvgIpc) is 3.40. The maximum absolute atomic E-state index is 15.1. The van der Waals surface area contributed by atoms with Gasteiger partial charge in [-0.15, -0.1) is 0 Å². The molecular weight excluding hydrogens is 423 g/mol. The number of aromatic nitrogens is 3. The summed E-state index contributed by atoms with van der Waals surface area (Å²) in [5, 5.41) is 8.08. The number of aryl methyl sites for hydroxylation is 1. The van der Waals surface area contributed by atoms with E-state index in [4.69, 9.17) is 0 Å². The zero-order valence-electron chi connectivity index (χ0n) is 17.6. The number of anilines is 2. The Balaban J connectivity index is 1.44. The number of halogens is 1. The van der Waals surface area contributed by atoms with E-state index in [1.807, 2.05) is 6.92 Å². The lowest BCUT2D eigenvalue weighted by atomic mass is 9.92. The van der Waals surface area contributed by atoms with E-state index >= 15 is 4.39 Å². The Bertz CT molecular complexity index is 1380. The van der Waals surface area contributed by atoms with Gasteiger partial charge in [-0.1, -0.05) is 6.07 Å². The molecule has 0 spiro atoms. The molecule has 8 nitrogen and oxygen atoms in total. The van der Waals surface area contributed by atoms with Crippen molar-refractivity contribution < 1.29 is 14.0 Å². The molecule has 9 heteroatoms. The van der Waals surface area contributed by atoms with Gasteiger partial charge >= 0.3 is 6.03 Å². The van der Waals surface area contributed by atoms with Gasteiger partial charge in [0.1, 0.15) is 11.6 Å². The normalized spacial score (nSPS) is 12.2. The summed E-state index contributed by atoms with van der Waals surface area (Å²) in [5.74, 6) is -0.144. The highest BCUT2D eigenvalue weighted by atomic mass is 19.1. The lowest BCUT2D eigenvalue weighted by Crippen LogP contribution is -2.19. The van der Waals surface area contributed by atoms with Gasteiger partial charge in [-0.3, -0.25) is 9.78 Å². The first-order valence-electron chi connectivity index (χ1n) is 10.2. The second-order valence-electron chi connectivity index (χ2n) is 7.62. The Morgan fingerprint density at radius 3 is 2.45 bits per heavy atom. The average molecular weight is 442 g/mol. The molecule has 2 aromatic heterocycles. The van der Waals surface area contributed by atoms with Crippen molar-refractivity contribution in [1.82, 2.24) is 20.3 Å². The summed E-state index contributed by atoms with van der Waals surface area (Å²) in [6.45, 7) is 2.18. The number of aromatic amines is 1. The van der Waals surface area contributed by atoms with Crippen LogP contribution in [0.3, 0.4) is 0 Å². The molecule has 4 N–H and O–H groups in total. The third-order valence-corrected chi connectivity index (χ3v) is 5.38. The predicted octanol–water partition coefficient (Wildman–Crippen LogP) is 4.47. The van der Waals surface area contributed by atoms with Crippen LogP contribution < -0.4 is 16.0 Å². The van der Waals surface area contributed by atoms with E-state index in [9.17, 15) is 9.59 Å². The largest absolute Gasteiger partial charge is 0.348 e. The zero-order valence-corrected chi connectivity index (χ0v) is 17.6. The monoisotopic (exact) mass is 442 g/mol. The van der Waals surface area contributed by atoms with E-state index in [0.29, 0.717) is 51.6 Å². The fourth-order valence-electron chi connectivity index (χ4n) is 3.89. The molecule has 3 heterocycles. The van der Waals surface area contributed by atoms with Gasteiger partial charge < -0.3 is 20.9 Å². The molecule has 1 aliphatic heterocycles. The first kappa shape index (κ1) is 20.4. The molecule has 2 aromatic carbocycles. The van der Waals surface area contributed by atoms with Crippen LogP contribution >= 0.6 is 0 Å². The summed E-state index contributed by atoms with van der Waals surface area (Å²) in [6, 6.07) is 10.8. The third kappa shape index (κ3) is 3.91. The van der Waals surface area contributed by atoms with Gasteiger partial charge in [-0.05, 0) is 54.4 Å². The molecule has 4 aromatic rings. The molecular formula is C24H19FN6O2. The highest BCUT2D eigenvalue weighted by molar-refractivity contribution is 6.06. The van der Waals surface area contributed by atoms with Gasteiger partial charge in [0.2, 0.25) is 0 Å². The number of H-pyrrole nitrogens is 1. The number of urea groups is 1. The van der Waals surface area contributed by atoms with Crippen LogP contribution in [0, 0.1) is 12.7 Å². The number of nitrogens with zero attached hydrogens (tertiary/aromatic N) is 2. The van der Waals surface area contributed by atoms with Crippen LogP contribution in [0.15, 0.2) is 61.1 Å². The maximum atomic E-state index is 15.1. The minimum Gasteiger partial charge on any atom is -0.348 e. The number of imidazole rings is 1. The number of benzene rings is 2. The van der Waals surface area contributed by atoms with Gasteiger partial charge in [-0.2, -0.15) is 0 Å².